The Morgan fingerprint density at radius 1 is 1.33 bits per heavy atom. The van der Waals surface area contributed by atoms with Crippen molar-refractivity contribution in [2.75, 3.05) is 0 Å². The topological polar surface area (TPSA) is 43.5 Å². The highest BCUT2D eigenvalue weighted by Gasteiger charge is 2.08. The zero-order valence-electron chi connectivity index (χ0n) is 5.30. The second-order valence-corrected chi connectivity index (χ2v) is 1.81. The highest BCUT2D eigenvalue weighted by Crippen LogP contribution is 2.04. The first-order valence-electron chi connectivity index (χ1n) is 2.60. The Balaban J connectivity index is 2.87. The molecule has 3 nitrogen and oxygen atoms in total. The van der Waals surface area contributed by atoms with Crippen molar-refractivity contribution in [3.63, 3.8) is 0 Å². The predicted molar refractivity (Wildman–Crippen MR) is 32.9 cm³/mol. The smallest absolute Gasteiger partial charge is 0.265 e. The van der Waals surface area contributed by atoms with Gasteiger partial charge in [-0.25, -0.2) is 10.3 Å². The summed E-state index contributed by atoms with van der Waals surface area (Å²) in [4.78, 5) is 14.1. The Hall–Kier alpha value is -1.12. The molecule has 3 heteroatoms. The van der Waals surface area contributed by atoms with Crippen LogP contribution in [0.25, 0.3) is 0 Å². The third-order valence-corrected chi connectivity index (χ3v) is 1.11. The number of rotatable bonds is 0. The van der Waals surface area contributed by atoms with Crippen molar-refractivity contribution in [2.24, 2.45) is 4.99 Å². The van der Waals surface area contributed by atoms with Gasteiger partial charge in [-0.15, -0.1) is 0 Å². The number of nitrogens with zero attached hydrogens (tertiary/aromatic N) is 2. The summed E-state index contributed by atoms with van der Waals surface area (Å²) in [6.07, 6.45) is 2.22. The van der Waals surface area contributed by atoms with Crippen molar-refractivity contribution in [3.8, 4) is 0 Å². The number of allylic oxidation sites excluding steroid dienone is 2. The monoisotopic (exact) mass is 122 g/mol. The van der Waals surface area contributed by atoms with Crippen molar-refractivity contribution in [3.05, 3.63) is 11.4 Å². The molecule has 0 saturated heterocycles. The van der Waals surface area contributed by atoms with Gasteiger partial charge in [0.25, 0.3) is 5.91 Å². The number of amides is 1. The van der Waals surface area contributed by atoms with Crippen LogP contribution in [0.15, 0.2) is 16.4 Å². The molecule has 0 aromatic carbocycles. The van der Waals surface area contributed by atoms with Gasteiger partial charge in [-0.2, -0.15) is 0 Å². The number of carbonyl (C=O) groups excluding carboxylic acids is 1. The molecule has 9 heavy (non-hydrogen) atoms. The molecule has 0 atom stereocenters. The third kappa shape index (κ3) is 1.16. The van der Waals surface area contributed by atoms with Gasteiger partial charge in [0.2, 0.25) is 0 Å². The Morgan fingerprint density at radius 3 is 2.44 bits per heavy atom. The van der Waals surface area contributed by atoms with Crippen LogP contribution in [0.1, 0.15) is 13.8 Å². The average molecular weight is 122 g/mol. The number of hydrogen-bond donors (Lipinski definition) is 0. The van der Waals surface area contributed by atoms with Crippen LogP contribution in [0.5, 0.6) is 0 Å². The Bertz CT molecular complexity index is 203. The molecule has 0 aliphatic carbocycles. The molecule has 0 aromatic heterocycles. The summed E-state index contributed by atoms with van der Waals surface area (Å²) in [5, 5.41) is 3.60. The van der Waals surface area contributed by atoms with E-state index in [1.54, 1.807) is 13.8 Å². The minimum Gasteiger partial charge on any atom is -0.265 e. The quantitative estimate of drug-likeness (QED) is 0.456. The SMILES string of the molecule is CC1=C(C)N=[C]C(=O)[N]1. The molecule has 0 unspecified atom stereocenters. The molecule has 1 aliphatic heterocycles. The molecule has 1 rings (SSSR count). The molecule has 1 heterocycles. The van der Waals surface area contributed by atoms with E-state index < -0.39 is 5.91 Å². The Labute approximate surface area is 53.5 Å². The van der Waals surface area contributed by atoms with E-state index in [0.29, 0.717) is 5.70 Å². The normalized spacial score (nSPS) is 18.2. The molecule has 1 amide bonds. The number of hydrogen-bond acceptors (Lipinski definition) is 2. The molecule has 0 spiro atoms. The summed E-state index contributed by atoms with van der Waals surface area (Å²) in [6.45, 7) is 3.54. The highest BCUT2D eigenvalue weighted by molar-refractivity contribution is 6.27. The maximum atomic E-state index is 10.4. The second kappa shape index (κ2) is 2.01. The van der Waals surface area contributed by atoms with Crippen LogP contribution >= 0.6 is 0 Å². The lowest BCUT2D eigenvalue weighted by Crippen LogP contribution is -2.18. The lowest BCUT2D eigenvalue weighted by atomic mass is 10.3. The molecule has 46 valence electrons. The van der Waals surface area contributed by atoms with Gasteiger partial charge in [0, 0.05) is 0 Å². The average Bonchev–Trinajstić information content (AvgIpc) is 1.80. The van der Waals surface area contributed by atoms with Crippen molar-refractivity contribution in [1.82, 2.24) is 5.32 Å². The lowest BCUT2D eigenvalue weighted by Gasteiger charge is -2.03. The number of aliphatic imine (C=N–C) groups is 1. The maximum absolute atomic E-state index is 10.4. The van der Waals surface area contributed by atoms with Gasteiger partial charge in [0.1, 0.15) is 0 Å². The Morgan fingerprint density at radius 2 is 2.00 bits per heavy atom. The van der Waals surface area contributed by atoms with Crippen LogP contribution in [0, 0.1) is 0 Å². The summed E-state index contributed by atoms with van der Waals surface area (Å²) >= 11 is 0. The molecule has 0 fully saturated rings. The van der Waals surface area contributed by atoms with Crippen LogP contribution < -0.4 is 5.32 Å². The van der Waals surface area contributed by atoms with E-state index in [1.807, 2.05) is 0 Å². The summed E-state index contributed by atoms with van der Waals surface area (Å²) in [7, 11) is 0. The van der Waals surface area contributed by atoms with Crippen LogP contribution in [0.4, 0.5) is 0 Å². The molecule has 1 aliphatic rings. The van der Waals surface area contributed by atoms with E-state index >= 15 is 0 Å². The predicted octanol–water partition coefficient (Wildman–Crippen LogP) is 0.330. The first-order chi connectivity index (χ1) is 4.20. The fourth-order valence-electron chi connectivity index (χ4n) is 0.471. The standard InChI is InChI=1S/C6H6N2O/c1-4-5(2)8-6(9)3-7-4/h1-2H3. The van der Waals surface area contributed by atoms with E-state index in [4.69, 9.17) is 0 Å². The van der Waals surface area contributed by atoms with Crippen molar-refractivity contribution >= 4 is 12.1 Å². The van der Waals surface area contributed by atoms with Crippen molar-refractivity contribution in [1.29, 1.82) is 0 Å². The highest BCUT2D eigenvalue weighted by atomic mass is 16.1. The molecular weight excluding hydrogens is 116 g/mol. The van der Waals surface area contributed by atoms with Gasteiger partial charge in [-0.3, -0.25) is 4.79 Å². The van der Waals surface area contributed by atoms with Gasteiger partial charge < -0.3 is 0 Å². The minimum absolute atomic E-state index is 0.391. The van der Waals surface area contributed by atoms with E-state index in [-0.39, 0.29) is 0 Å². The fraction of sp³-hybridized carbons (Fsp3) is 0.333. The first-order valence-corrected chi connectivity index (χ1v) is 2.60. The van der Waals surface area contributed by atoms with Gasteiger partial charge in [-0.1, -0.05) is 0 Å². The summed E-state index contributed by atoms with van der Waals surface area (Å²) in [5.41, 5.74) is 1.44. The van der Waals surface area contributed by atoms with Crippen molar-refractivity contribution < 1.29 is 4.79 Å². The zero-order chi connectivity index (χ0) is 6.85. The van der Waals surface area contributed by atoms with E-state index in [0.717, 1.165) is 5.70 Å². The third-order valence-electron chi connectivity index (χ3n) is 1.11. The summed E-state index contributed by atoms with van der Waals surface area (Å²) < 4.78 is 0. The van der Waals surface area contributed by atoms with Crippen LogP contribution in [0.3, 0.4) is 0 Å². The van der Waals surface area contributed by atoms with Gasteiger partial charge in [0.15, 0.2) is 6.21 Å². The molecule has 0 aromatic rings. The Kier molecular flexibility index (Phi) is 1.34. The van der Waals surface area contributed by atoms with Gasteiger partial charge >= 0.3 is 0 Å². The van der Waals surface area contributed by atoms with E-state index in [1.165, 1.54) is 0 Å². The first kappa shape index (κ1) is 6.01. The molecular formula is C6H6N2O. The molecule has 0 bridgehead atoms. The summed E-state index contributed by atoms with van der Waals surface area (Å²) in [6, 6.07) is 0. The van der Waals surface area contributed by atoms with Gasteiger partial charge in [0.05, 0.1) is 11.4 Å². The van der Waals surface area contributed by atoms with Crippen LogP contribution in [-0.4, -0.2) is 12.1 Å². The maximum Gasteiger partial charge on any atom is 0.298 e. The van der Waals surface area contributed by atoms with Crippen molar-refractivity contribution in [2.45, 2.75) is 13.8 Å². The van der Waals surface area contributed by atoms with Crippen LogP contribution in [0.2, 0.25) is 0 Å². The molecule has 0 saturated carbocycles. The lowest BCUT2D eigenvalue weighted by molar-refractivity contribution is -0.114. The fourth-order valence-corrected chi connectivity index (χ4v) is 0.471. The number of carbonyl (C=O) groups is 1. The van der Waals surface area contributed by atoms with Crippen LogP contribution in [-0.2, 0) is 4.79 Å². The summed E-state index contributed by atoms with van der Waals surface area (Å²) in [5.74, 6) is -0.391. The molecule has 2 radical (unpaired) electrons. The minimum atomic E-state index is -0.391. The van der Waals surface area contributed by atoms with E-state index in [2.05, 4.69) is 16.5 Å². The largest absolute Gasteiger partial charge is 0.298 e. The van der Waals surface area contributed by atoms with Gasteiger partial charge in [-0.05, 0) is 13.8 Å². The molecule has 0 N–H and O–H groups in total. The zero-order valence-corrected chi connectivity index (χ0v) is 5.30. The second-order valence-electron chi connectivity index (χ2n) is 1.81. The van der Waals surface area contributed by atoms with E-state index in [9.17, 15) is 4.79 Å².